The molecule has 0 saturated carbocycles. The van der Waals surface area contributed by atoms with Crippen LogP contribution in [0.15, 0.2) is 18.2 Å². The van der Waals surface area contributed by atoms with Crippen LogP contribution < -0.4 is 4.90 Å². The summed E-state index contributed by atoms with van der Waals surface area (Å²) >= 11 is 5.70. The molecule has 0 spiro atoms. The van der Waals surface area contributed by atoms with Crippen molar-refractivity contribution < 1.29 is 4.39 Å². The van der Waals surface area contributed by atoms with E-state index in [4.69, 9.17) is 11.6 Å². The fourth-order valence-corrected chi connectivity index (χ4v) is 2.75. The summed E-state index contributed by atoms with van der Waals surface area (Å²) in [6, 6.07) is 5.33. The van der Waals surface area contributed by atoms with Gasteiger partial charge < -0.3 is 4.90 Å². The van der Waals surface area contributed by atoms with E-state index in [1.807, 2.05) is 12.1 Å². The lowest BCUT2D eigenvalue weighted by atomic mass is 10.0. The number of alkyl halides is 1. The van der Waals surface area contributed by atoms with E-state index in [9.17, 15) is 4.39 Å². The predicted octanol–water partition coefficient (Wildman–Crippen LogP) is 4.19. The molecule has 17 heavy (non-hydrogen) atoms. The van der Waals surface area contributed by atoms with Crippen LogP contribution in [0.25, 0.3) is 0 Å². The Labute approximate surface area is 108 Å². The predicted molar refractivity (Wildman–Crippen MR) is 71.2 cm³/mol. The van der Waals surface area contributed by atoms with Crippen LogP contribution in [-0.2, 0) is 5.88 Å². The lowest BCUT2D eigenvalue weighted by Crippen LogP contribution is -2.20. The average Bonchev–Trinajstić information content (AvgIpc) is 2.78. The first-order chi connectivity index (χ1) is 8.24. The highest BCUT2D eigenvalue weighted by Gasteiger charge is 2.23. The fourth-order valence-electron chi connectivity index (χ4n) is 2.59. The number of hydrogen-bond acceptors (Lipinski definition) is 1. The second-order valence-corrected chi connectivity index (χ2v) is 5.08. The summed E-state index contributed by atoms with van der Waals surface area (Å²) < 4.78 is 13.9. The average molecular weight is 256 g/mol. The summed E-state index contributed by atoms with van der Waals surface area (Å²) in [4.78, 5) is 2.16. The van der Waals surface area contributed by atoms with E-state index in [0.29, 0.717) is 5.88 Å². The monoisotopic (exact) mass is 255 g/mol. The third kappa shape index (κ3) is 2.92. The summed E-state index contributed by atoms with van der Waals surface area (Å²) in [5.41, 5.74) is 1.58. The molecule has 0 aliphatic carbocycles. The third-order valence-electron chi connectivity index (χ3n) is 3.49. The first-order valence-electron chi connectivity index (χ1n) is 6.34. The molecule has 3 heteroatoms. The molecular formula is C14H19ClFN. The van der Waals surface area contributed by atoms with Gasteiger partial charge in [-0.25, -0.2) is 4.39 Å². The molecule has 1 aromatic rings. The van der Waals surface area contributed by atoms with Gasteiger partial charge in [-0.15, -0.1) is 11.6 Å². The summed E-state index contributed by atoms with van der Waals surface area (Å²) in [5.74, 6) is 0.961. The molecule has 0 amide bonds. The van der Waals surface area contributed by atoms with Crippen molar-refractivity contribution in [1.82, 2.24) is 0 Å². The molecule has 1 nitrogen and oxygen atoms in total. The highest BCUT2D eigenvalue weighted by molar-refractivity contribution is 6.17. The lowest BCUT2D eigenvalue weighted by molar-refractivity contribution is 0.529. The molecule has 94 valence electrons. The van der Waals surface area contributed by atoms with E-state index in [0.717, 1.165) is 30.3 Å². The highest BCUT2D eigenvalue weighted by Crippen LogP contribution is 2.29. The van der Waals surface area contributed by atoms with Crippen LogP contribution in [0.5, 0.6) is 0 Å². The molecule has 1 atom stereocenters. The first-order valence-corrected chi connectivity index (χ1v) is 6.87. The maximum absolute atomic E-state index is 13.9. The Morgan fingerprint density at radius 2 is 2.29 bits per heavy atom. The van der Waals surface area contributed by atoms with E-state index in [1.165, 1.54) is 19.3 Å². The number of hydrogen-bond donors (Lipinski definition) is 0. The van der Waals surface area contributed by atoms with Gasteiger partial charge in [-0.3, -0.25) is 0 Å². The fraction of sp³-hybridized carbons (Fsp3) is 0.571. The molecule has 2 rings (SSSR count). The van der Waals surface area contributed by atoms with Crippen molar-refractivity contribution in [2.24, 2.45) is 5.92 Å². The molecule has 1 aromatic carbocycles. The Morgan fingerprint density at radius 3 is 2.94 bits per heavy atom. The Morgan fingerprint density at radius 1 is 1.47 bits per heavy atom. The molecule has 1 unspecified atom stereocenters. The molecule has 1 saturated heterocycles. The molecule has 1 aliphatic heterocycles. The maximum atomic E-state index is 13.9. The van der Waals surface area contributed by atoms with Gasteiger partial charge in [-0.2, -0.15) is 0 Å². The van der Waals surface area contributed by atoms with Crippen molar-refractivity contribution in [2.45, 2.75) is 32.1 Å². The van der Waals surface area contributed by atoms with E-state index in [2.05, 4.69) is 11.8 Å². The van der Waals surface area contributed by atoms with E-state index < -0.39 is 0 Å². The van der Waals surface area contributed by atoms with Gasteiger partial charge in [0, 0.05) is 19.0 Å². The molecule has 0 bridgehead atoms. The van der Waals surface area contributed by atoms with Crippen molar-refractivity contribution >= 4 is 17.3 Å². The zero-order chi connectivity index (χ0) is 12.3. The minimum Gasteiger partial charge on any atom is -0.369 e. The Kier molecular flexibility index (Phi) is 4.27. The smallest absolute Gasteiger partial charge is 0.146 e. The molecule has 1 aliphatic rings. The molecule has 0 N–H and O–H groups in total. The normalized spacial score (nSPS) is 19.9. The lowest BCUT2D eigenvalue weighted by Gasteiger charge is -2.19. The van der Waals surface area contributed by atoms with Crippen molar-refractivity contribution in [3.8, 4) is 0 Å². The summed E-state index contributed by atoms with van der Waals surface area (Å²) in [6.45, 7) is 4.17. The molecule has 1 fully saturated rings. The highest BCUT2D eigenvalue weighted by atomic mass is 35.5. The van der Waals surface area contributed by atoms with Crippen LogP contribution in [0.4, 0.5) is 10.1 Å². The van der Waals surface area contributed by atoms with Gasteiger partial charge in [0.15, 0.2) is 0 Å². The zero-order valence-electron chi connectivity index (χ0n) is 10.3. The van der Waals surface area contributed by atoms with Gasteiger partial charge in [-0.1, -0.05) is 19.4 Å². The number of nitrogens with zero attached hydrogens (tertiary/aromatic N) is 1. The number of anilines is 1. The van der Waals surface area contributed by atoms with Crippen LogP contribution in [0.3, 0.4) is 0 Å². The molecular weight excluding hydrogens is 237 g/mol. The minimum absolute atomic E-state index is 0.139. The van der Waals surface area contributed by atoms with Gasteiger partial charge in [0.2, 0.25) is 0 Å². The van der Waals surface area contributed by atoms with E-state index in [1.54, 1.807) is 6.07 Å². The van der Waals surface area contributed by atoms with Crippen LogP contribution in [0.2, 0.25) is 0 Å². The quantitative estimate of drug-likeness (QED) is 0.729. The maximum Gasteiger partial charge on any atom is 0.146 e. The second kappa shape index (κ2) is 5.72. The first kappa shape index (κ1) is 12.7. The largest absolute Gasteiger partial charge is 0.369 e. The van der Waals surface area contributed by atoms with Gasteiger partial charge in [0.1, 0.15) is 5.82 Å². The van der Waals surface area contributed by atoms with Crippen LogP contribution in [-0.4, -0.2) is 13.1 Å². The number of rotatable bonds is 4. The van der Waals surface area contributed by atoms with Crippen molar-refractivity contribution in [3.63, 3.8) is 0 Å². The van der Waals surface area contributed by atoms with E-state index >= 15 is 0 Å². The summed E-state index contributed by atoms with van der Waals surface area (Å²) in [6.07, 6.45) is 3.65. The molecule has 0 aromatic heterocycles. The third-order valence-corrected chi connectivity index (χ3v) is 3.80. The Hall–Kier alpha value is -0.760. The van der Waals surface area contributed by atoms with Crippen molar-refractivity contribution in [3.05, 3.63) is 29.6 Å². The van der Waals surface area contributed by atoms with Crippen molar-refractivity contribution in [2.75, 3.05) is 18.0 Å². The summed E-state index contributed by atoms with van der Waals surface area (Å²) in [5, 5.41) is 0. The SMILES string of the molecule is CCCC1CCN(c2ccc(CCl)cc2F)C1. The number of benzene rings is 1. The standard InChI is InChI=1S/C14H19ClFN/c1-2-3-11-6-7-17(10-11)14-5-4-12(9-15)8-13(14)16/h4-5,8,11H,2-3,6-7,9-10H2,1H3. The van der Waals surface area contributed by atoms with Crippen molar-refractivity contribution in [1.29, 1.82) is 0 Å². The molecule has 1 heterocycles. The van der Waals surface area contributed by atoms with Gasteiger partial charge in [0.25, 0.3) is 0 Å². The van der Waals surface area contributed by atoms with E-state index in [-0.39, 0.29) is 5.82 Å². The minimum atomic E-state index is -0.139. The Balaban J connectivity index is 2.08. The van der Waals surface area contributed by atoms with Gasteiger partial charge in [0.05, 0.1) is 5.69 Å². The second-order valence-electron chi connectivity index (χ2n) is 4.81. The van der Waals surface area contributed by atoms with Crippen LogP contribution >= 0.6 is 11.6 Å². The van der Waals surface area contributed by atoms with Crippen LogP contribution in [0.1, 0.15) is 31.7 Å². The van der Waals surface area contributed by atoms with Gasteiger partial charge >= 0.3 is 0 Å². The number of halogens is 2. The zero-order valence-corrected chi connectivity index (χ0v) is 11.0. The molecule has 0 radical (unpaired) electrons. The Bertz CT molecular complexity index is 380. The van der Waals surface area contributed by atoms with Crippen LogP contribution in [0, 0.1) is 11.7 Å². The topological polar surface area (TPSA) is 3.24 Å². The van der Waals surface area contributed by atoms with Gasteiger partial charge in [-0.05, 0) is 36.5 Å². The summed E-state index contributed by atoms with van der Waals surface area (Å²) in [7, 11) is 0.